The number of aromatic amines is 1. The van der Waals surface area contributed by atoms with Gasteiger partial charge in [-0.3, -0.25) is 9.69 Å². The standard InChI is InChI=1S/C25H25N5O2/c31-25-22-7-6-19(13-23(22)27-24(28-25)18-4-5-18)20-14-26-30(16-20)21-3-1-2-17(12-21)15-29-8-10-32-11-9-29/h1-3,6-7,12-14,16,18H,4-5,8-11,15H2,(H,27,28,31). The fraction of sp³-hybridized carbons (Fsp3) is 0.320. The molecular formula is C25H25N5O2. The Morgan fingerprint density at radius 2 is 1.94 bits per heavy atom. The predicted octanol–water partition coefficient (Wildman–Crippen LogP) is 3.49. The Morgan fingerprint density at radius 1 is 1.06 bits per heavy atom. The molecule has 3 heterocycles. The van der Waals surface area contributed by atoms with Crippen molar-refractivity contribution < 1.29 is 4.74 Å². The van der Waals surface area contributed by atoms with E-state index in [0.717, 1.165) is 73.8 Å². The summed E-state index contributed by atoms with van der Waals surface area (Å²) in [4.78, 5) is 22.5. The molecule has 0 spiro atoms. The van der Waals surface area contributed by atoms with Gasteiger partial charge in [0.05, 0.1) is 36.0 Å². The fourth-order valence-corrected chi connectivity index (χ4v) is 4.32. The van der Waals surface area contributed by atoms with Gasteiger partial charge in [0.25, 0.3) is 5.56 Å². The third-order valence-corrected chi connectivity index (χ3v) is 6.29. The Labute approximate surface area is 185 Å². The number of hydrogen-bond donors (Lipinski definition) is 1. The molecule has 0 unspecified atom stereocenters. The summed E-state index contributed by atoms with van der Waals surface area (Å²) in [6.07, 6.45) is 6.10. The minimum Gasteiger partial charge on any atom is -0.379 e. The number of nitrogens with one attached hydrogen (secondary N) is 1. The van der Waals surface area contributed by atoms with Crippen LogP contribution < -0.4 is 5.56 Å². The average Bonchev–Trinajstić information content (AvgIpc) is 3.56. The molecule has 1 N–H and O–H groups in total. The van der Waals surface area contributed by atoms with Crippen molar-refractivity contribution in [3.8, 4) is 16.8 Å². The van der Waals surface area contributed by atoms with E-state index in [0.29, 0.717) is 11.3 Å². The van der Waals surface area contributed by atoms with E-state index in [1.807, 2.05) is 35.3 Å². The molecular weight excluding hydrogens is 402 g/mol. The number of nitrogens with zero attached hydrogens (tertiary/aromatic N) is 4. The van der Waals surface area contributed by atoms with E-state index in [1.165, 1.54) is 5.56 Å². The van der Waals surface area contributed by atoms with Crippen LogP contribution >= 0.6 is 0 Å². The van der Waals surface area contributed by atoms with Gasteiger partial charge in [0.1, 0.15) is 5.82 Å². The Balaban J connectivity index is 1.28. The zero-order valence-electron chi connectivity index (χ0n) is 17.8. The lowest BCUT2D eigenvalue weighted by Crippen LogP contribution is -2.35. The van der Waals surface area contributed by atoms with Crippen LogP contribution in [0.25, 0.3) is 27.7 Å². The topological polar surface area (TPSA) is 76.0 Å². The molecule has 6 rings (SSSR count). The van der Waals surface area contributed by atoms with Gasteiger partial charge in [-0.2, -0.15) is 5.10 Å². The van der Waals surface area contributed by atoms with E-state index in [2.05, 4.69) is 39.2 Å². The molecule has 1 aliphatic carbocycles. The molecule has 1 saturated heterocycles. The second-order valence-electron chi connectivity index (χ2n) is 8.69. The smallest absolute Gasteiger partial charge is 0.258 e. The molecule has 2 aliphatic rings. The lowest BCUT2D eigenvalue weighted by Gasteiger charge is -2.26. The van der Waals surface area contributed by atoms with Crippen LogP contribution in [-0.4, -0.2) is 51.0 Å². The number of benzene rings is 2. The SMILES string of the molecule is O=c1[nH]c(C2CC2)nc2cc(-c3cnn(-c4cccc(CN5CCOCC5)c4)c3)ccc12. The summed E-state index contributed by atoms with van der Waals surface area (Å²) < 4.78 is 7.36. The minimum absolute atomic E-state index is 0.0590. The van der Waals surface area contributed by atoms with Crippen molar-refractivity contribution in [2.24, 2.45) is 0 Å². The summed E-state index contributed by atoms with van der Waals surface area (Å²) in [6.45, 7) is 4.46. The number of fused-ring (bicyclic) bond motifs is 1. The monoisotopic (exact) mass is 427 g/mol. The lowest BCUT2D eigenvalue weighted by atomic mass is 10.1. The van der Waals surface area contributed by atoms with Gasteiger partial charge < -0.3 is 9.72 Å². The molecule has 32 heavy (non-hydrogen) atoms. The quantitative estimate of drug-likeness (QED) is 0.528. The van der Waals surface area contributed by atoms with E-state index >= 15 is 0 Å². The number of rotatable bonds is 5. The summed E-state index contributed by atoms with van der Waals surface area (Å²) in [5, 5.41) is 5.23. The van der Waals surface area contributed by atoms with Gasteiger partial charge in [0, 0.05) is 37.3 Å². The van der Waals surface area contributed by atoms with Gasteiger partial charge in [0.2, 0.25) is 0 Å². The van der Waals surface area contributed by atoms with Gasteiger partial charge in [0.15, 0.2) is 0 Å². The normalized spacial score (nSPS) is 17.1. The van der Waals surface area contributed by atoms with Crippen molar-refractivity contribution in [2.75, 3.05) is 26.3 Å². The molecule has 2 aromatic carbocycles. The van der Waals surface area contributed by atoms with Gasteiger partial charge in [-0.15, -0.1) is 0 Å². The molecule has 2 fully saturated rings. The average molecular weight is 428 g/mol. The first kappa shape index (κ1) is 19.4. The van der Waals surface area contributed by atoms with Crippen LogP contribution in [0.4, 0.5) is 0 Å². The summed E-state index contributed by atoms with van der Waals surface area (Å²) >= 11 is 0. The zero-order chi connectivity index (χ0) is 21.5. The third-order valence-electron chi connectivity index (χ3n) is 6.29. The number of aromatic nitrogens is 4. The van der Waals surface area contributed by atoms with E-state index in [4.69, 9.17) is 9.72 Å². The van der Waals surface area contributed by atoms with E-state index in [9.17, 15) is 4.79 Å². The summed E-state index contributed by atoms with van der Waals surface area (Å²) in [5.41, 5.74) is 5.00. The van der Waals surface area contributed by atoms with Crippen molar-refractivity contribution in [1.29, 1.82) is 0 Å². The number of hydrogen-bond acceptors (Lipinski definition) is 5. The van der Waals surface area contributed by atoms with E-state index in [1.54, 1.807) is 0 Å². The molecule has 162 valence electrons. The molecule has 7 nitrogen and oxygen atoms in total. The number of H-pyrrole nitrogens is 1. The first-order valence-electron chi connectivity index (χ1n) is 11.2. The van der Waals surface area contributed by atoms with Gasteiger partial charge in [-0.25, -0.2) is 9.67 Å². The maximum Gasteiger partial charge on any atom is 0.258 e. The maximum atomic E-state index is 12.4. The Hall–Kier alpha value is -3.29. The second kappa shape index (κ2) is 8.00. The van der Waals surface area contributed by atoms with Crippen LogP contribution in [0.1, 0.15) is 30.1 Å². The van der Waals surface area contributed by atoms with E-state index in [-0.39, 0.29) is 5.56 Å². The Kier molecular flexibility index (Phi) is 4.85. The van der Waals surface area contributed by atoms with Crippen molar-refractivity contribution in [2.45, 2.75) is 25.3 Å². The molecule has 2 aromatic heterocycles. The van der Waals surface area contributed by atoms with Crippen molar-refractivity contribution >= 4 is 10.9 Å². The predicted molar refractivity (Wildman–Crippen MR) is 123 cm³/mol. The summed E-state index contributed by atoms with van der Waals surface area (Å²) in [7, 11) is 0. The molecule has 4 aromatic rings. The third kappa shape index (κ3) is 3.85. The first-order chi connectivity index (χ1) is 15.7. The van der Waals surface area contributed by atoms with Gasteiger partial charge in [-0.05, 0) is 48.2 Å². The molecule has 1 aliphatic heterocycles. The molecule has 0 atom stereocenters. The van der Waals surface area contributed by atoms with Gasteiger partial charge in [-0.1, -0.05) is 18.2 Å². The largest absolute Gasteiger partial charge is 0.379 e. The number of ether oxygens (including phenoxy) is 1. The minimum atomic E-state index is -0.0590. The summed E-state index contributed by atoms with van der Waals surface area (Å²) in [6, 6.07) is 14.3. The first-order valence-corrected chi connectivity index (χ1v) is 11.2. The highest BCUT2D eigenvalue weighted by Crippen LogP contribution is 2.38. The molecule has 7 heteroatoms. The highest BCUT2D eigenvalue weighted by molar-refractivity contribution is 5.83. The van der Waals surface area contributed by atoms with Crippen LogP contribution in [0.3, 0.4) is 0 Å². The van der Waals surface area contributed by atoms with Crippen LogP contribution in [-0.2, 0) is 11.3 Å². The molecule has 1 saturated carbocycles. The number of morpholine rings is 1. The highest BCUT2D eigenvalue weighted by Gasteiger charge is 2.26. The van der Waals surface area contributed by atoms with Crippen LogP contribution in [0.5, 0.6) is 0 Å². The zero-order valence-corrected chi connectivity index (χ0v) is 17.8. The second-order valence-corrected chi connectivity index (χ2v) is 8.69. The summed E-state index contributed by atoms with van der Waals surface area (Å²) in [5.74, 6) is 1.22. The Bertz CT molecular complexity index is 1330. The Morgan fingerprint density at radius 3 is 2.78 bits per heavy atom. The van der Waals surface area contributed by atoms with Crippen molar-refractivity contribution in [3.63, 3.8) is 0 Å². The molecule has 0 radical (unpaired) electrons. The van der Waals surface area contributed by atoms with Crippen LogP contribution in [0.2, 0.25) is 0 Å². The fourth-order valence-electron chi connectivity index (χ4n) is 4.32. The van der Waals surface area contributed by atoms with Crippen molar-refractivity contribution in [3.05, 3.63) is 76.6 Å². The highest BCUT2D eigenvalue weighted by atomic mass is 16.5. The van der Waals surface area contributed by atoms with Gasteiger partial charge >= 0.3 is 0 Å². The maximum absolute atomic E-state index is 12.4. The molecule has 0 amide bonds. The van der Waals surface area contributed by atoms with Crippen LogP contribution in [0.15, 0.2) is 59.7 Å². The van der Waals surface area contributed by atoms with Crippen molar-refractivity contribution in [1.82, 2.24) is 24.6 Å². The van der Waals surface area contributed by atoms with E-state index < -0.39 is 0 Å². The lowest BCUT2D eigenvalue weighted by molar-refractivity contribution is 0.0342. The molecule has 0 bridgehead atoms. The van der Waals surface area contributed by atoms with Crippen LogP contribution in [0, 0.1) is 0 Å².